The van der Waals surface area contributed by atoms with Gasteiger partial charge in [0, 0.05) is 5.57 Å². The van der Waals surface area contributed by atoms with Gasteiger partial charge in [-0.3, -0.25) is 4.79 Å². The SMILES string of the molecule is C=C(C)C(N)=O.OCC(CO)(CO)CO. The van der Waals surface area contributed by atoms with Crippen LogP contribution in [0.5, 0.6) is 0 Å². The molecule has 0 aromatic carbocycles. The van der Waals surface area contributed by atoms with Crippen LogP contribution in [-0.2, 0) is 4.79 Å². The minimum absolute atomic E-state index is 0.398. The van der Waals surface area contributed by atoms with Gasteiger partial charge in [-0.05, 0) is 6.92 Å². The number of primary amides is 1. The molecular formula is C9H19NO5. The van der Waals surface area contributed by atoms with Crippen LogP contribution in [-0.4, -0.2) is 52.8 Å². The molecule has 90 valence electrons. The highest BCUT2D eigenvalue weighted by atomic mass is 16.3. The zero-order chi connectivity index (χ0) is 12.5. The third kappa shape index (κ3) is 7.03. The van der Waals surface area contributed by atoms with Crippen LogP contribution < -0.4 is 5.73 Å². The molecule has 0 unspecified atom stereocenters. The molecule has 0 atom stereocenters. The number of aliphatic hydroxyl groups excluding tert-OH is 4. The summed E-state index contributed by atoms with van der Waals surface area (Å²) in [6.07, 6.45) is 0. The number of rotatable bonds is 5. The molecule has 0 saturated heterocycles. The number of nitrogens with two attached hydrogens (primary N) is 1. The molecule has 0 fully saturated rings. The fraction of sp³-hybridized carbons (Fsp3) is 0.667. The van der Waals surface area contributed by atoms with E-state index in [4.69, 9.17) is 26.2 Å². The fourth-order valence-electron chi connectivity index (χ4n) is 0.300. The highest BCUT2D eigenvalue weighted by molar-refractivity contribution is 5.90. The molecule has 6 heteroatoms. The molecule has 0 aromatic rings. The Bertz CT molecular complexity index is 171. The van der Waals surface area contributed by atoms with Gasteiger partial charge < -0.3 is 26.2 Å². The van der Waals surface area contributed by atoms with Crippen LogP contribution in [0.1, 0.15) is 6.92 Å². The molecule has 0 radical (unpaired) electrons. The van der Waals surface area contributed by atoms with Crippen LogP contribution in [0.4, 0.5) is 0 Å². The monoisotopic (exact) mass is 221 g/mol. The van der Waals surface area contributed by atoms with Crippen molar-refractivity contribution in [1.29, 1.82) is 0 Å². The molecule has 0 saturated carbocycles. The van der Waals surface area contributed by atoms with Gasteiger partial charge in [0.2, 0.25) is 5.91 Å². The first kappa shape index (κ1) is 16.5. The lowest BCUT2D eigenvalue weighted by Gasteiger charge is -2.23. The molecule has 0 bridgehead atoms. The molecule has 6 nitrogen and oxygen atoms in total. The summed E-state index contributed by atoms with van der Waals surface area (Å²) in [5.74, 6) is -0.435. The molecule has 6 N–H and O–H groups in total. The van der Waals surface area contributed by atoms with Crippen LogP contribution in [0, 0.1) is 5.41 Å². The van der Waals surface area contributed by atoms with E-state index < -0.39 is 37.7 Å². The van der Waals surface area contributed by atoms with E-state index in [2.05, 4.69) is 6.58 Å². The van der Waals surface area contributed by atoms with Crippen LogP contribution in [0.3, 0.4) is 0 Å². The predicted octanol–water partition coefficient (Wildman–Crippen LogP) is -2.01. The third-order valence-electron chi connectivity index (χ3n) is 1.76. The fourth-order valence-corrected chi connectivity index (χ4v) is 0.300. The highest BCUT2D eigenvalue weighted by Crippen LogP contribution is 2.11. The minimum Gasteiger partial charge on any atom is -0.396 e. The second-order valence-corrected chi connectivity index (χ2v) is 3.28. The maximum Gasteiger partial charge on any atom is 0.243 e. The van der Waals surface area contributed by atoms with E-state index >= 15 is 0 Å². The lowest BCUT2D eigenvalue weighted by atomic mass is 9.93. The molecule has 0 aliphatic carbocycles. The predicted molar refractivity (Wildman–Crippen MR) is 54.8 cm³/mol. The van der Waals surface area contributed by atoms with Crippen molar-refractivity contribution in [2.75, 3.05) is 26.4 Å². The molecule has 0 rings (SSSR count). The maximum atomic E-state index is 9.82. The quantitative estimate of drug-likeness (QED) is 0.343. The van der Waals surface area contributed by atoms with Crippen LogP contribution >= 0.6 is 0 Å². The molecule has 0 aliphatic rings. The Morgan fingerprint density at radius 2 is 1.33 bits per heavy atom. The number of carbonyl (C=O) groups excluding carboxylic acids is 1. The van der Waals surface area contributed by atoms with Crippen LogP contribution in [0.25, 0.3) is 0 Å². The number of aliphatic hydroxyl groups is 4. The Kier molecular flexibility index (Phi) is 9.19. The molecular weight excluding hydrogens is 202 g/mol. The second-order valence-electron chi connectivity index (χ2n) is 3.28. The van der Waals surface area contributed by atoms with Gasteiger partial charge in [0.15, 0.2) is 0 Å². The van der Waals surface area contributed by atoms with Crippen molar-refractivity contribution >= 4 is 5.91 Å². The highest BCUT2D eigenvalue weighted by Gasteiger charge is 2.26. The van der Waals surface area contributed by atoms with E-state index in [0.717, 1.165) is 0 Å². The summed E-state index contributed by atoms with van der Waals surface area (Å²) in [6.45, 7) is 3.23. The van der Waals surface area contributed by atoms with Crippen molar-refractivity contribution in [2.24, 2.45) is 11.1 Å². The summed E-state index contributed by atoms with van der Waals surface area (Å²) >= 11 is 0. The summed E-state index contributed by atoms with van der Waals surface area (Å²) in [5.41, 5.74) is 3.98. The van der Waals surface area contributed by atoms with Gasteiger partial charge in [-0.1, -0.05) is 6.58 Å². The van der Waals surface area contributed by atoms with Gasteiger partial charge in [-0.15, -0.1) is 0 Å². The molecule has 0 aromatic heterocycles. The first-order valence-electron chi connectivity index (χ1n) is 4.28. The summed E-state index contributed by atoms with van der Waals surface area (Å²) in [7, 11) is 0. The second kappa shape index (κ2) is 8.37. The van der Waals surface area contributed by atoms with E-state index in [1.165, 1.54) is 0 Å². The Morgan fingerprint density at radius 1 is 1.13 bits per heavy atom. The number of carbonyl (C=O) groups is 1. The van der Waals surface area contributed by atoms with Crippen molar-refractivity contribution in [2.45, 2.75) is 6.92 Å². The molecule has 0 heterocycles. The molecule has 15 heavy (non-hydrogen) atoms. The van der Waals surface area contributed by atoms with Gasteiger partial charge in [-0.25, -0.2) is 0 Å². The van der Waals surface area contributed by atoms with Crippen molar-refractivity contribution in [3.8, 4) is 0 Å². The maximum absolute atomic E-state index is 9.82. The topological polar surface area (TPSA) is 124 Å². The Morgan fingerprint density at radius 3 is 1.33 bits per heavy atom. The van der Waals surface area contributed by atoms with E-state index in [1.807, 2.05) is 0 Å². The number of amides is 1. The third-order valence-corrected chi connectivity index (χ3v) is 1.76. The molecule has 1 amide bonds. The van der Waals surface area contributed by atoms with Crippen molar-refractivity contribution in [1.82, 2.24) is 0 Å². The van der Waals surface area contributed by atoms with E-state index in [9.17, 15) is 4.79 Å². The summed E-state index contributed by atoms with van der Waals surface area (Å²) in [4.78, 5) is 9.82. The van der Waals surface area contributed by atoms with Crippen molar-refractivity contribution in [3.05, 3.63) is 12.2 Å². The molecule has 0 spiro atoms. The zero-order valence-corrected chi connectivity index (χ0v) is 8.81. The Balaban J connectivity index is 0. The smallest absolute Gasteiger partial charge is 0.243 e. The van der Waals surface area contributed by atoms with E-state index in [-0.39, 0.29) is 0 Å². The van der Waals surface area contributed by atoms with Gasteiger partial charge in [0.1, 0.15) is 0 Å². The standard InChI is InChI=1S/C5H12O4.C4H7NO/c6-1-5(2-7,3-8)4-9;1-3(2)4(5)6/h6-9H,1-4H2;1H2,2H3,(H2,5,6). The largest absolute Gasteiger partial charge is 0.396 e. The molecule has 0 aliphatic heterocycles. The Hall–Kier alpha value is -0.950. The van der Waals surface area contributed by atoms with E-state index in [1.54, 1.807) is 6.92 Å². The summed E-state index contributed by atoms with van der Waals surface area (Å²) in [5, 5.41) is 34.0. The van der Waals surface area contributed by atoms with Gasteiger partial charge in [-0.2, -0.15) is 0 Å². The first-order valence-corrected chi connectivity index (χ1v) is 4.28. The normalized spacial score (nSPS) is 10.2. The first-order chi connectivity index (χ1) is 6.89. The number of hydrogen-bond acceptors (Lipinski definition) is 5. The van der Waals surface area contributed by atoms with E-state index in [0.29, 0.717) is 5.57 Å². The minimum atomic E-state index is -1.11. The Labute approximate surface area is 88.7 Å². The summed E-state index contributed by atoms with van der Waals surface area (Å²) < 4.78 is 0. The van der Waals surface area contributed by atoms with Crippen LogP contribution in [0.15, 0.2) is 12.2 Å². The average molecular weight is 221 g/mol. The van der Waals surface area contributed by atoms with Gasteiger partial charge >= 0.3 is 0 Å². The lowest BCUT2D eigenvalue weighted by molar-refractivity contribution is -0.114. The van der Waals surface area contributed by atoms with Crippen molar-refractivity contribution < 1.29 is 25.2 Å². The van der Waals surface area contributed by atoms with Gasteiger partial charge in [0.25, 0.3) is 0 Å². The average Bonchev–Trinajstić information content (AvgIpc) is 2.23. The zero-order valence-electron chi connectivity index (χ0n) is 8.81. The number of hydrogen-bond donors (Lipinski definition) is 5. The summed E-state index contributed by atoms with van der Waals surface area (Å²) in [6, 6.07) is 0. The van der Waals surface area contributed by atoms with Crippen molar-refractivity contribution in [3.63, 3.8) is 0 Å². The van der Waals surface area contributed by atoms with Crippen LogP contribution in [0.2, 0.25) is 0 Å². The van der Waals surface area contributed by atoms with Gasteiger partial charge in [0.05, 0.1) is 31.8 Å². The lowest BCUT2D eigenvalue weighted by Crippen LogP contribution is -2.37.